The van der Waals surface area contributed by atoms with Crippen LogP contribution in [-0.4, -0.2) is 18.4 Å². The summed E-state index contributed by atoms with van der Waals surface area (Å²) < 4.78 is 49.9. The third-order valence-electron chi connectivity index (χ3n) is 5.84. The molecular weight excluding hydrogens is 423 g/mol. The number of rotatable bonds is 4. The molecule has 0 radical (unpaired) electrons. The monoisotopic (exact) mass is 445 g/mol. The van der Waals surface area contributed by atoms with E-state index in [4.69, 9.17) is 9.15 Å². The van der Waals surface area contributed by atoms with Crippen LogP contribution in [0.5, 0.6) is 0 Å². The highest BCUT2D eigenvalue weighted by atomic mass is 19.4. The molecule has 0 saturated carbocycles. The highest BCUT2D eigenvalue weighted by Crippen LogP contribution is 2.46. The molecule has 2 aromatic rings. The second-order valence-electron chi connectivity index (χ2n) is 7.87. The van der Waals surface area contributed by atoms with Gasteiger partial charge in [-0.1, -0.05) is 12.1 Å². The van der Waals surface area contributed by atoms with Gasteiger partial charge in [0.2, 0.25) is 0 Å². The number of ketones is 1. The van der Waals surface area contributed by atoms with Crippen LogP contribution >= 0.6 is 0 Å². The number of carbonyl (C=O) groups is 2. The van der Waals surface area contributed by atoms with Gasteiger partial charge in [-0.15, -0.1) is 0 Å². The van der Waals surface area contributed by atoms with E-state index >= 15 is 0 Å². The summed E-state index contributed by atoms with van der Waals surface area (Å²) in [5.74, 6) is -1.06. The number of dihydropyridines is 1. The first-order valence-electron chi connectivity index (χ1n) is 10.3. The number of allylic oxidation sites excluding steroid dienone is 3. The Labute approximate surface area is 182 Å². The van der Waals surface area contributed by atoms with Gasteiger partial charge in [-0.25, -0.2) is 4.79 Å². The summed E-state index contributed by atoms with van der Waals surface area (Å²) in [6.07, 6.45) is -2.27. The van der Waals surface area contributed by atoms with Gasteiger partial charge in [0.05, 0.1) is 24.0 Å². The average Bonchev–Trinajstić information content (AvgIpc) is 3.27. The van der Waals surface area contributed by atoms with Crippen molar-refractivity contribution < 1.29 is 31.9 Å². The minimum Gasteiger partial charge on any atom is -0.469 e. The molecule has 1 aliphatic heterocycles. The number of furan rings is 1. The normalized spacial score (nSPS) is 21.3. The quantitative estimate of drug-likeness (QED) is 0.654. The van der Waals surface area contributed by atoms with Gasteiger partial charge in [-0.2, -0.15) is 13.2 Å². The third-order valence-corrected chi connectivity index (χ3v) is 5.84. The van der Waals surface area contributed by atoms with Crippen molar-refractivity contribution in [2.75, 3.05) is 6.61 Å². The van der Waals surface area contributed by atoms with Gasteiger partial charge in [0, 0.05) is 35.2 Å². The molecule has 0 bridgehead atoms. The van der Waals surface area contributed by atoms with Crippen molar-refractivity contribution >= 4 is 11.8 Å². The van der Waals surface area contributed by atoms with Crippen LogP contribution in [0.4, 0.5) is 13.2 Å². The maximum absolute atomic E-state index is 13.3. The molecule has 1 N–H and O–H groups in total. The molecule has 1 aromatic heterocycles. The first-order valence-corrected chi connectivity index (χ1v) is 10.3. The van der Waals surface area contributed by atoms with Crippen LogP contribution in [0.2, 0.25) is 0 Å². The second-order valence-corrected chi connectivity index (χ2v) is 7.87. The third kappa shape index (κ3) is 3.97. The number of carbonyl (C=O) groups excluding carboxylic acids is 2. The van der Waals surface area contributed by atoms with Gasteiger partial charge < -0.3 is 14.5 Å². The van der Waals surface area contributed by atoms with Crippen molar-refractivity contribution in [3.8, 4) is 0 Å². The Balaban J connectivity index is 1.80. The van der Waals surface area contributed by atoms with Crippen LogP contribution in [0, 0.1) is 0 Å². The molecule has 0 unspecified atom stereocenters. The Morgan fingerprint density at radius 1 is 1.19 bits per heavy atom. The summed E-state index contributed by atoms with van der Waals surface area (Å²) >= 11 is 0. The zero-order valence-electron chi connectivity index (χ0n) is 17.6. The number of esters is 1. The van der Waals surface area contributed by atoms with E-state index in [0.717, 1.165) is 12.1 Å². The molecule has 0 amide bonds. The fraction of sp³-hybridized carbons (Fsp3) is 0.333. The van der Waals surface area contributed by atoms with Gasteiger partial charge >= 0.3 is 12.1 Å². The first-order chi connectivity index (χ1) is 15.2. The summed E-state index contributed by atoms with van der Waals surface area (Å²) in [6.45, 7) is 3.51. The van der Waals surface area contributed by atoms with Crippen LogP contribution < -0.4 is 5.32 Å². The van der Waals surface area contributed by atoms with Crippen molar-refractivity contribution in [1.82, 2.24) is 5.32 Å². The molecule has 168 valence electrons. The van der Waals surface area contributed by atoms with Crippen LogP contribution in [0.1, 0.15) is 55.4 Å². The van der Waals surface area contributed by atoms with Crippen LogP contribution in [-0.2, 0) is 20.5 Å². The molecule has 8 heteroatoms. The lowest BCUT2D eigenvalue weighted by atomic mass is 9.72. The zero-order valence-corrected chi connectivity index (χ0v) is 17.6. The van der Waals surface area contributed by atoms with E-state index in [2.05, 4.69) is 5.32 Å². The van der Waals surface area contributed by atoms with Crippen molar-refractivity contribution in [3.63, 3.8) is 0 Å². The van der Waals surface area contributed by atoms with Gasteiger partial charge in [-0.3, -0.25) is 4.79 Å². The lowest BCUT2D eigenvalue weighted by Gasteiger charge is -2.36. The molecule has 1 aromatic carbocycles. The molecule has 0 fully saturated rings. The predicted octanol–water partition coefficient (Wildman–Crippen LogP) is 5.22. The standard InChI is InChI=1S/C24H22F3NO4/c1-3-31-23(30)20-13(2)28-17-11-15(19-5-4-10-32-19)12-18(29)22(17)21(20)14-6-8-16(9-7-14)24(25,26)27/h4-10,15,21,28H,3,11-12H2,1-2H3/t15-,21-/m1/s1. The molecule has 0 spiro atoms. The Morgan fingerprint density at radius 3 is 2.50 bits per heavy atom. The number of hydrogen-bond donors (Lipinski definition) is 1. The minimum absolute atomic E-state index is 0.135. The van der Waals surface area contributed by atoms with Crippen LogP contribution in [0.3, 0.4) is 0 Å². The number of nitrogens with one attached hydrogen (secondary N) is 1. The number of benzene rings is 1. The number of Topliss-reactive ketones (excluding diaryl/α,β-unsaturated/α-hetero) is 1. The van der Waals surface area contributed by atoms with Crippen molar-refractivity contribution in [2.24, 2.45) is 0 Å². The largest absolute Gasteiger partial charge is 0.469 e. The fourth-order valence-electron chi connectivity index (χ4n) is 4.44. The van der Waals surface area contributed by atoms with Gasteiger partial charge in [-0.05, 0) is 50.1 Å². The molecule has 2 aliphatic rings. The Hall–Kier alpha value is -3.29. The van der Waals surface area contributed by atoms with Gasteiger partial charge in [0.25, 0.3) is 0 Å². The van der Waals surface area contributed by atoms with E-state index in [-0.39, 0.29) is 30.3 Å². The molecular formula is C24H22F3NO4. The predicted molar refractivity (Wildman–Crippen MR) is 109 cm³/mol. The Bertz CT molecular complexity index is 1100. The lowest BCUT2D eigenvalue weighted by Crippen LogP contribution is -2.36. The maximum atomic E-state index is 13.3. The van der Waals surface area contributed by atoms with Gasteiger partial charge in [0.15, 0.2) is 5.78 Å². The Morgan fingerprint density at radius 2 is 1.91 bits per heavy atom. The van der Waals surface area contributed by atoms with E-state index in [1.165, 1.54) is 12.1 Å². The van der Waals surface area contributed by atoms with E-state index in [1.54, 1.807) is 26.2 Å². The van der Waals surface area contributed by atoms with Crippen LogP contribution in [0.15, 0.2) is 69.6 Å². The molecule has 2 heterocycles. The van der Waals surface area contributed by atoms with E-state index < -0.39 is 23.6 Å². The summed E-state index contributed by atoms with van der Waals surface area (Å²) in [4.78, 5) is 26.1. The maximum Gasteiger partial charge on any atom is 0.416 e. The minimum atomic E-state index is -4.48. The van der Waals surface area contributed by atoms with E-state index in [9.17, 15) is 22.8 Å². The van der Waals surface area contributed by atoms with Crippen molar-refractivity contribution in [2.45, 2.75) is 44.7 Å². The summed E-state index contributed by atoms with van der Waals surface area (Å²) in [5, 5.41) is 3.18. The fourth-order valence-corrected chi connectivity index (χ4v) is 4.44. The summed E-state index contributed by atoms with van der Waals surface area (Å²) in [6, 6.07) is 8.15. The SMILES string of the molecule is CCOC(=O)C1=C(C)NC2=C(C(=O)C[C@H](c3ccco3)C2)[C@@H]1c1ccc(C(F)(F)F)cc1. The highest BCUT2D eigenvalue weighted by molar-refractivity contribution is 6.04. The topological polar surface area (TPSA) is 68.5 Å². The van der Waals surface area contributed by atoms with Crippen molar-refractivity contribution in [3.05, 3.63) is 82.1 Å². The molecule has 1 aliphatic carbocycles. The van der Waals surface area contributed by atoms with E-state index in [0.29, 0.717) is 34.7 Å². The molecule has 5 nitrogen and oxygen atoms in total. The lowest BCUT2D eigenvalue weighted by molar-refractivity contribution is -0.139. The summed E-state index contributed by atoms with van der Waals surface area (Å²) in [7, 11) is 0. The zero-order chi connectivity index (χ0) is 23.0. The summed E-state index contributed by atoms with van der Waals surface area (Å²) in [5.41, 5.74) is 1.42. The van der Waals surface area contributed by atoms with Crippen molar-refractivity contribution in [1.29, 1.82) is 0 Å². The average molecular weight is 445 g/mol. The number of halogens is 3. The Kier molecular flexibility index (Phi) is 5.71. The number of hydrogen-bond acceptors (Lipinski definition) is 5. The van der Waals surface area contributed by atoms with Crippen LogP contribution in [0.25, 0.3) is 0 Å². The number of ether oxygens (including phenoxy) is 1. The van der Waals surface area contributed by atoms with E-state index in [1.807, 2.05) is 6.07 Å². The first kappa shape index (κ1) is 21.9. The smallest absolute Gasteiger partial charge is 0.416 e. The number of alkyl halides is 3. The molecule has 4 rings (SSSR count). The highest BCUT2D eigenvalue weighted by Gasteiger charge is 2.42. The second kappa shape index (κ2) is 8.33. The van der Waals surface area contributed by atoms with Gasteiger partial charge in [0.1, 0.15) is 5.76 Å². The molecule has 2 atom stereocenters. The molecule has 32 heavy (non-hydrogen) atoms. The molecule has 0 saturated heterocycles.